The Labute approximate surface area is 163 Å². The number of nitrogens with one attached hydrogen (secondary N) is 2. The molecular weight excluding hydrogens is 336 g/mol. The summed E-state index contributed by atoms with van der Waals surface area (Å²) in [6, 6.07) is 8.46. The molecule has 2 fully saturated rings. The first-order valence-electron chi connectivity index (χ1n) is 10.5. The van der Waals surface area contributed by atoms with Crippen LogP contribution in [0.25, 0.3) is 0 Å². The smallest absolute Gasteiger partial charge is 0.222 e. The van der Waals surface area contributed by atoms with Crippen molar-refractivity contribution in [3.05, 3.63) is 35.4 Å². The number of nitrogens with zero attached hydrogens (tertiary/aromatic N) is 2. The number of benzene rings is 1. The Kier molecular flexibility index (Phi) is 6.75. The Bertz CT molecular complexity index is 661. The van der Waals surface area contributed by atoms with Gasteiger partial charge in [0.2, 0.25) is 5.91 Å². The third-order valence-electron chi connectivity index (χ3n) is 6.10. The van der Waals surface area contributed by atoms with Gasteiger partial charge in [-0.3, -0.25) is 4.79 Å². The van der Waals surface area contributed by atoms with E-state index in [-0.39, 0.29) is 5.91 Å². The van der Waals surface area contributed by atoms with Gasteiger partial charge >= 0.3 is 0 Å². The van der Waals surface area contributed by atoms with Gasteiger partial charge in [0.15, 0.2) is 5.96 Å². The van der Waals surface area contributed by atoms with Crippen LogP contribution in [0.15, 0.2) is 29.3 Å². The van der Waals surface area contributed by atoms with Gasteiger partial charge in [0.1, 0.15) is 0 Å². The normalized spacial score (nSPS) is 19.1. The maximum Gasteiger partial charge on any atom is 0.222 e. The summed E-state index contributed by atoms with van der Waals surface area (Å²) >= 11 is 0. The summed E-state index contributed by atoms with van der Waals surface area (Å²) in [5.74, 6) is 1.18. The summed E-state index contributed by atoms with van der Waals surface area (Å²) in [4.78, 5) is 18.6. The maximum atomic E-state index is 11.8. The molecule has 1 heterocycles. The molecular formula is C22H34N4O. The van der Waals surface area contributed by atoms with Crippen LogP contribution in [0.3, 0.4) is 0 Å². The van der Waals surface area contributed by atoms with Crippen LogP contribution in [0.2, 0.25) is 0 Å². The molecule has 1 saturated heterocycles. The van der Waals surface area contributed by atoms with Crippen molar-refractivity contribution in [3.63, 3.8) is 0 Å². The van der Waals surface area contributed by atoms with E-state index in [1.54, 1.807) is 0 Å². The van der Waals surface area contributed by atoms with Gasteiger partial charge in [-0.05, 0) is 49.1 Å². The van der Waals surface area contributed by atoms with Crippen molar-refractivity contribution in [1.82, 2.24) is 15.5 Å². The minimum atomic E-state index is 0.276. The summed E-state index contributed by atoms with van der Waals surface area (Å²) < 4.78 is 0. The van der Waals surface area contributed by atoms with E-state index in [1.807, 2.05) is 4.90 Å². The van der Waals surface area contributed by atoms with E-state index in [4.69, 9.17) is 4.99 Å². The van der Waals surface area contributed by atoms with Gasteiger partial charge in [-0.25, -0.2) is 4.99 Å². The number of hydrogen-bond donors (Lipinski definition) is 2. The molecule has 148 valence electrons. The van der Waals surface area contributed by atoms with Crippen LogP contribution < -0.4 is 10.6 Å². The zero-order chi connectivity index (χ0) is 19.1. The molecule has 0 aromatic heterocycles. The average molecular weight is 371 g/mol. The molecule has 0 spiro atoms. The first kappa shape index (κ1) is 19.7. The Morgan fingerprint density at radius 2 is 2.00 bits per heavy atom. The summed E-state index contributed by atoms with van der Waals surface area (Å²) in [6.07, 6.45) is 6.92. The van der Waals surface area contributed by atoms with Gasteiger partial charge in [-0.1, -0.05) is 37.6 Å². The molecule has 3 rings (SSSR count). The molecule has 0 unspecified atom stereocenters. The Morgan fingerprint density at radius 3 is 2.63 bits per heavy atom. The largest absolute Gasteiger partial charge is 0.357 e. The van der Waals surface area contributed by atoms with Crippen molar-refractivity contribution in [3.8, 4) is 0 Å². The number of rotatable bonds is 8. The van der Waals surface area contributed by atoms with E-state index < -0.39 is 0 Å². The molecule has 0 atom stereocenters. The number of amides is 1. The number of carbonyl (C=O) groups excluding carboxylic acids is 1. The second kappa shape index (κ2) is 9.25. The lowest BCUT2D eigenvalue weighted by Crippen LogP contribution is -2.46. The van der Waals surface area contributed by atoms with Crippen LogP contribution in [-0.2, 0) is 17.9 Å². The fraction of sp³-hybridized carbons (Fsp3) is 0.636. The van der Waals surface area contributed by atoms with E-state index in [0.29, 0.717) is 24.9 Å². The lowest BCUT2D eigenvalue weighted by atomic mass is 9.67. The number of guanidine groups is 1. The molecule has 1 aliphatic carbocycles. The van der Waals surface area contributed by atoms with Gasteiger partial charge in [-0.2, -0.15) is 0 Å². The lowest BCUT2D eigenvalue weighted by Gasteiger charge is -2.41. The maximum absolute atomic E-state index is 11.8. The van der Waals surface area contributed by atoms with Crippen molar-refractivity contribution in [2.45, 2.75) is 65.5 Å². The molecule has 1 amide bonds. The molecule has 5 heteroatoms. The molecule has 27 heavy (non-hydrogen) atoms. The van der Waals surface area contributed by atoms with E-state index in [1.165, 1.54) is 36.8 Å². The first-order valence-corrected chi connectivity index (χ1v) is 10.5. The summed E-state index contributed by atoms with van der Waals surface area (Å²) in [7, 11) is 0. The fourth-order valence-electron chi connectivity index (χ4n) is 4.03. The molecule has 1 aliphatic heterocycles. The molecule has 2 N–H and O–H groups in total. The molecule has 1 aromatic rings. The van der Waals surface area contributed by atoms with Crippen molar-refractivity contribution >= 4 is 11.9 Å². The zero-order valence-corrected chi connectivity index (χ0v) is 16.9. The van der Waals surface area contributed by atoms with Crippen LogP contribution >= 0.6 is 0 Å². The molecule has 0 radical (unpaired) electrons. The Hall–Kier alpha value is -2.04. The number of likely N-dealkylation sites (tertiary alicyclic amines) is 1. The van der Waals surface area contributed by atoms with Crippen LogP contribution in [-0.4, -0.2) is 36.4 Å². The Balaban J connectivity index is 1.58. The standard InChI is InChI=1S/C22H34N4O/c1-3-22(11-7-12-22)17-25-21(23-4-2)24-15-18-8-5-9-19(14-18)16-26-13-6-10-20(26)27/h5,8-9,14H,3-4,6-7,10-13,15-17H2,1-2H3,(H2,23,24,25). The summed E-state index contributed by atoms with van der Waals surface area (Å²) in [5.41, 5.74) is 2.85. The number of hydrogen-bond acceptors (Lipinski definition) is 2. The van der Waals surface area contributed by atoms with Crippen LogP contribution in [0.1, 0.15) is 63.5 Å². The van der Waals surface area contributed by atoms with E-state index in [0.717, 1.165) is 32.0 Å². The summed E-state index contributed by atoms with van der Waals surface area (Å²) in [6.45, 7) is 8.51. The van der Waals surface area contributed by atoms with Crippen LogP contribution in [0.5, 0.6) is 0 Å². The third-order valence-corrected chi connectivity index (χ3v) is 6.10. The minimum absolute atomic E-state index is 0.276. The van der Waals surface area contributed by atoms with Gasteiger partial charge in [0.05, 0.1) is 6.54 Å². The monoisotopic (exact) mass is 370 g/mol. The highest BCUT2D eigenvalue weighted by Gasteiger charge is 2.34. The second-order valence-electron chi connectivity index (χ2n) is 7.99. The van der Waals surface area contributed by atoms with Crippen LogP contribution in [0.4, 0.5) is 0 Å². The SMILES string of the molecule is CCNC(=NCc1cccc(CN2CCCC2=O)c1)NCC1(CC)CCC1. The highest BCUT2D eigenvalue weighted by Crippen LogP contribution is 2.42. The van der Waals surface area contributed by atoms with Gasteiger partial charge in [0, 0.05) is 32.6 Å². The summed E-state index contributed by atoms with van der Waals surface area (Å²) in [5, 5.41) is 6.91. The highest BCUT2D eigenvalue weighted by molar-refractivity contribution is 5.79. The fourth-order valence-corrected chi connectivity index (χ4v) is 4.03. The van der Waals surface area contributed by atoms with Gasteiger partial charge in [-0.15, -0.1) is 0 Å². The predicted octanol–water partition coefficient (Wildman–Crippen LogP) is 3.44. The first-order chi connectivity index (χ1) is 13.1. The molecule has 1 saturated carbocycles. The van der Waals surface area contributed by atoms with E-state index >= 15 is 0 Å². The van der Waals surface area contributed by atoms with Crippen molar-refractivity contribution in [1.29, 1.82) is 0 Å². The number of carbonyl (C=O) groups is 1. The minimum Gasteiger partial charge on any atom is -0.357 e. The van der Waals surface area contributed by atoms with Gasteiger partial charge in [0.25, 0.3) is 0 Å². The topological polar surface area (TPSA) is 56.7 Å². The highest BCUT2D eigenvalue weighted by atomic mass is 16.2. The third kappa shape index (κ3) is 5.24. The van der Waals surface area contributed by atoms with E-state index in [9.17, 15) is 4.79 Å². The van der Waals surface area contributed by atoms with Crippen LogP contribution in [0, 0.1) is 5.41 Å². The second-order valence-corrected chi connectivity index (χ2v) is 7.99. The molecule has 1 aromatic carbocycles. The van der Waals surface area contributed by atoms with Crippen molar-refractivity contribution in [2.24, 2.45) is 10.4 Å². The Morgan fingerprint density at radius 1 is 1.19 bits per heavy atom. The molecule has 5 nitrogen and oxygen atoms in total. The van der Waals surface area contributed by atoms with E-state index in [2.05, 4.69) is 48.7 Å². The quantitative estimate of drug-likeness (QED) is 0.544. The van der Waals surface area contributed by atoms with Gasteiger partial charge < -0.3 is 15.5 Å². The van der Waals surface area contributed by atoms with Crippen molar-refractivity contribution < 1.29 is 4.79 Å². The lowest BCUT2D eigenvalue weighted by molar-refractivity contribution is -0.128. The molecule has 2 aliphatic rings. The molecule has 0 bridgehead atoms. The zero-order valence-electron chi connectivity index (χ0n) is 16.9. The average Bonchev–Trinajstić information content (AvgIpc) is 3.04. The number of aliphatic imine (C=N–C) groups is 1. The predicted molar refractivity (Wildman–Crippen MR) is 110 cm³/mol. The van der Waals surface area contributed by atoms with Crippen molar-refractivity contribution in [2.75, 3.05) is 19.6 Å².